The highest BCUT2D eigenvalue weighted by molar-refractivity contribution is 7.89. The molecule has 7 nitrogen and oxygen atoms in total. The van der Waals surface area contributed by atoms with Crippen LogP contribution < -0.4 is 10.1 Å². The molecule has 3 rings (SSSR count). The van der Waals surface area contributed by atoms with Crippen molar-refractivity contribution in [2.45, 2.75) is 45.6 Å². The van der Waals surface area contributed by atoms with Crippen molar-refractivity contribution in [3.8, 4) is 5.75 Å². The first-order chi connectivity index (χ1) is 15.1. The average Bonchev–Trinajstić information content (AvgIpc) is 3.05. The van der Waals surface area contributed by atoms with E-state index in [1.165, 1.54) is 16.4 Å². The van der Waals surface area contributed by atoms with Gasteiger partial charge in [-0.2, -0.15) is 4.31 Å². The van der Waals surface area contributed by atoms with Gasteiger partial charge in [-0.1, -0.05) is 25.4 Å². The van der Waals surface area contributed by atoms with Gasteiger partial charge in [-0.15, -0.1) is 0 Å². The van der Waals surface area contributed by atoms with Gasteiger partial charge < -0.3 is 14.5 Å². The summed E-state index contributed by atoms with van der Waals surface area (Å²) in [4.78, 5) is 13.2. The van der Waals surface area contributed by atoms with Crippen molar-refractivity contribution in [2.75, 3.05) is 18.4 Å². The number of fused-ring (bicyclic) bond motifs is 1. The fourth-order valence-electron chi connectivity index (χ4n) is 3.43. The summed E-state index contributed by atoms with van der Waals surface area (Å²) in [5.74, 6) is -0.0285. The first-order valence-corrected chi connectivity index (χ1v) is 12.2. The van der Waals surface area contributed by atoms with Crippen LogP contribution in [0.4, 0.5) is 5.69 Å². The van der Waals surface area contributed by atoms with E-state index in [1.807, 2.05) is 13.8 Å². The number of amides is 1. The Kier molecular flexibility index (Phi) is 7.17. The molecule has 0 saturated carbocycles. The smallest absolute Gasteiger partial charge is 0.291 e. The van der Waals surface area contributed by atoms with E-state index in [9.17, 15) is 13.2 Å². The molecule has 0 spiro atoms. The topological polar surface area (TPSA) is 88.9 Å². The summed E-state index contributed by atoms with van der Waals surface area (Å²) >= 11 is 6.07. The lowest BCUT2D eigenvalue weighted by Gasteiger charge is -2.20. The maximum absolute atomic E-state index is 13.1. The van der Waals surface area contributed by atoms with Crippen LogP contribution >= 0.6 is 11.6 Å². The lowest BCUT2D eigenvalue weighted by molar-refractivity contribution is 0.0997. The molecule has 3 aromatic rings. The van der Waals surface area contributed by atoms with Crippen molar-refractivity contribution in [1.82, 2.24) is 4.31 Å². The van der Waals surface area contributed by atoms with E-state index >= 15 is 0 Å². The largest absolute Gasteiger partial charge is 0.489 e. The fourth-order valence-corrected chi connectivity index (χ4v) is 5.08. The molecule has 1 aromatic heterocycles. The molecule has 1 N–H and O–H groups in total. The molecule has 2 aromatic carbocycles. The number of sulfonamides is 1. The van der Waals surface area contributed by atoms with Crippen molar-refractivity contribution in [2.24, 2.45) is 0 Å². The predicted octanol–water partition coefficient (Wildman–Crippen LogP) is 5.46. The molecule has 172 valence electrons. The number of benzene rings is 2. The summed E-state index contributed by atoms with van der Waals surface area (Å²) in [6.45, 7) is 9.69. The van der Waals surface area contributed by atoms with E-state index in [4.69, 9.17) is 20.8 Å². The van der Waals surface area contributed by atoms with Crippen LogP contribution in [0.1, 0.15) is 43.8 Å². The molecular weight excluding hydrogens is 452 g/mol. The monoisotopic (exact) mass is 478 g/mol. The van der Waals surface area contributed by atoms with E-state index in [0.29, 0.717) is 35.0 Å². The SMILES string of the molecule is CCN(CC)S(=O)(=O)c1ccc(OC(C)C)c(NC(=O)c2oc3ccc(Cl)cc3c2C)c1. The summed E-state index contributed by atoms with van der Waals surface area (Å²) in [5.41, 5.74) is 1.42. The number of nitrogens with zero attached hydrogens (tertiary/aromatic N) is 1. The third kappa shape index (κ3) is 4.77. The van der Waals surface area contributed by atoms with E-state index in [-0.39, 0.29) is 22.4 Å². The third-order valence-electron chi connectivity index (χ3n) is 5.01. The van der Waals surface area contributed by atoms with Crippen molar-refractivity contribution < 1.29 is 22.4 Å². The van der Waals surface area contributed by atoms with Crippen LogP contribution in [-0.4, -0.2) is 37.8 Å². The minimum Gasteiger partial charge on any atom is -0.489 e. The van der Waals surface area contributed by atoms with Crippen LogP contribution in [0.5, 0.6) is 5.75 Å². The minimum atomic E-state index is -3.71. The molecule has 1 heterocycles. The van der Waals surface area contributed by atoms with Gasteiger partial charge in [0.25, 0.3) is 5.91 Å². The number of aryl methyl sites for hydroxylation is 1. The molecule has 0 radical (unpaired) electrons. The van der Waals surface area contributed by atoms with Crippen LogP contribution in [0.2, 0.25) is 5.02 Å². The van der Waals surface area contributed by atoms with E-state index in [0.717, 1.165) is 5.39 Å². The lowest BCUT2D eigenvalue weighted by Crippen LogP contribution is -2.30. The highest BCUT2D eigenvalue weighted by atomic mass is 35.5. The van der Waals surface area contributed by atoms with Gasteiger partial charge in [0.1, 0.15) is 11.3 Å². The standard InChI is InChI=1S/C23H27ClN2O5S/c1-6-26(7-2)32(28,29)17-9-11-21(30-14(3)4)19(13-17)25-23(27)22-15(5)18-12-16(24)8-10-20(18)31-22/h8-14H,6-7H2,1-5H3,(H,25,27). The zero-order valence-corrected chi connectivity index (χ0v) is 20.3. The molecule has 0 bridgehead atoms. The summed E-state index contributed by atoms with van der Waals surface area (Å²) in [7, 11) is -3.71. The zero-order valence-electron chi connectivity index (χ0n) is 18.7. The second-order valence-corrected chi connectivity index (χ2v) is 9.94. The van der Waals surface area contributed by atoms with Crippen LogP contribution in [0.3, 0.4) is 0 Å². The van der Waals surface area contributed by atoms with Crippen LogP contribution in [0.25, 0.3) is 11.0 Å². The Morgan fingerprint density at radius 1 is 1.16 bits per heavy atom. The maximum atomic E-state index is 13.1. The zero-order chi connectivity index (χ0) is 23.6. The predicted molar refractivity (Wildman–Crippen MR) is 126 cm³/mol. The van der Waals surface area contributed by atoms with Crippen LogP contribution in [-0.2, 0) is 10.0 Å². The van der Waals surface area contributed by atoms with Crippen molar-refractivity contribution in [1.29, 1.82) is 0 Å². The normalized spacial score (nSPS) is 12.0. The molecule has 0 aliphatic carbocycles. The van der Waals surface area contributed by atoms with Gasteiger partial charge in [0.2, 0.25) is 10.0 Å². The number of carbonyl (C=O) groups is 1. The third-order valence-corrected chi connectivity index (χ3v) is 7.29. The molecule has 1 amide bonds. The minimum absolute atomic E-state index is 0.0701. The number of halogens is 1. The van der Waals surface area contributed by atoms with Crippen molar-refractivity contribution in [3.05, 3.63) is 52.7 Å². The highest BCUT2D eigenvalue weighted by Crippen LogP contribution is 2.32. The first kappa shape index (κ1) is 24.1. The summed E-state index contributed by atoms with van der Waals surface area (Å²) in [5, 5.41) is 4.04. The van der Waals surface area contributed by atoms with Gasteiger partial charge >= 0.3 is 0 Å². The number of anilines is 1. The molecule has 0 fully saturated rings. The number of carbonyl (C=O) groups excluding carboxylic acids is 1. The van der Waals surface area contributed by atoms with Crippen LogP contribution in [0.15, 0.2) is 45.7 Å². The average molecular weight is 479 g/mol. The molecule has 32 heavy (non-hydrogen) atoms. The van der Waals surface area contributed by atoms with E-state index < -0.39 is 15.9 Å². The maximum Gasteiger partial charge on any atom is 0.291 e. The molecule has 0 aliphatic heterocycles. The quantitative estimate of drug-likeness (QED) is 0.464. The van der Waals surface area contributed by atoms with Crippen LogP contribution in [0, 0.1) is 6.92 Å². The van der Waals surface area contributed by atoms with Gasteiger partial charge in [0.05, 0.1) is 16.7 Å². The van der Waals surface area contributed by atoms with Gasteiger partial charge in [0.15, 0.2) is 5.76 Å². The highest BCUT2D eigenvalue weighted by Gasteiger charge is 2.25. The van der Waals surface area contributed by atoms with Gasteiger partial charge in [-0.25, -0.2) is 8.42 Å². The number of furan rings is 1. The molecule has 9 heteroatoms. The Morgan fingerprint density at radius 3 is 2.47 bits per heavy atom. The lowest BCUT2D eigenvalue weighted by atomic mass is 10.1. The summed E-state index contributed by atoms with van der Waals surface area (Å²) in [6, 6.07) is 9.57. The number of nitrogens with one attached hydrogen (secondary N) is 1. The van der Waals surface area contributed by atoms with Gasteiger partial charge in [-0.3, -0.25) is 4.79 Å². The second kappa shape index (κ2) is 9.52. The molecule has 0 saturated heterocycles. The van der Waals surface area contributed by atoms with Gasteiger partial charge in [0, 0.05) is 29.1 Å². The Balaban J connectivity index is 2.03. The van der Waals surface area contributed by atoms with Gasteiger partial charge in [-0.05, 0) is 57.2 Å². The summed E-state index contributed by atoms with van der Waals surface area (Å²) in [6.07, 6.45) is -0.175. The fraction of sp³-hybridized carbons (Fsp3) is 0.348. The van der Waals surface area contributed by atoms with Crippen molar-refractivity contribution in [3.63, 3.8) is 0 Å². The Labute approximate surface area is 193 Å². The van der Waals surface area contributed by atoms with E-state index in [2.05, 4.69) is 5.32 Å². The Hall–Kier alpha value is -2.55. The molecule has 0 atom stereocenters. The Morgan fingerprint density at radius 2 is 1.84 bits per heavy atom. The molecular formula is C23H27ClN2O5S. The number of ether oxygens (including phenoxy) is 1. The summed E-state index contributed by atoms with van der Waals surface area (Å²) < 4.78 is 38.9. The second-order valence-electron chi connectivity index (χ2n) is 7.56. The number of rotatable bonds is 8. The molecule has 0 unspecified atom stereocenters. The molecule has 0 aliphatic rings. The van der Waals surface area contributed by atoms with Crippen molar-refractivity contribution >= 4 is 44.2 Å². The van der Waals surface area contributed by atoms with E-state index in [1.54, 1.807) is 45.0 Å². The number of hydrogen-bond donors (Lipinski definition) is 1. The first-order valence-electron chi connectivity index (χ1n) is 10.4. The Bertz CT molecular complexity index is 1250. The number of hydrogen-bond acceptors (Lipinski definition) is 5.